The summed E-state index contributed by atoms with van der Waals surface area (Å²) in [4.78, 5) is 16.3. The maximum absolute atomic E-state index is 12.3. The van der Waals surface area contributed by atoms with Crippen molar-refractivity contribution in [3.63, 3.8) is 0 Å². The number of likely N-dealkylation sites (N-methyl/N-ethyl adjacent to an activating group) is 1. The molecule has 2 heterocycles. The van der Waals surface area contributed by atoms with Crippen molar-refractivity contribution in [3.05, 3.63) is 23.7 Å². The highest BCUT2D eigenvalue weighted by Gasteiger charge is 2.32. The van der Waals surface area contributed by atoms with Crippen LogP contribution >= 0.6 is 0 Å². The Morgan fingerprint density at radius 3 is 2.75 bits per heavy atom. The molecule has 1 aliphatic heterocycles. The van der Waals surface area contributed by atoms with E-state index in [9.17, 15) is 4.79 Å². The third-order valence-corrected chi connectivity index (χ3v) is 3.89. The molecule has 1 fully saturated rings. The molecule has 1 aromatic rings. The first-order valence-corrected chi connectivity index (χ1v) is 7.33. The fourth-order valence-electron chi connectivity index (χ4n) is 2.64. The van der Waals surface area contributed by atoms with E-state index in [2.05, 4.69) is 11.8 Å². The van der Waals surface area contributed by atoms with Crippen LogP contribution in [-0.4, -0.2) is 47.0 Å². The molecule has 2 rings (SSSR count). The summed E-state index contributed by atoms with van der Waals surface area (Å²) in [5.74, 6) is 1.59. The maximum Gasteiger partial charge on any atom is 0.239 e. The smallest absolute Gasteiger partial charge is 0.239 e. The molecule has 1 aromatic heterocycles. The molecule has 5 nitrogen and oxygen atoms in total. The fourth-order valence-corrected chi connectivity index (χ4v) is 2.64. The van der Waals surface area contributed by atoms with Gasteiger partial charge in [0, 0.05) is 20.1 Å². The second-order valence-electron chi connectivity index (χ2n) is 5.41. The topological polar surface area (TPSA) is 56.9 Å². The number of nitrogens with zero attached hydrogens (tertiary/aromatic N) is 2. The fraction of sp³-hybridized carbons (Fsp3) is 0.667. The summed E-state index contributed by atoms with van der Waals surface area (Å²) in [5, 5.41) is 9.03. The third kappa shape index (κ3) is 3.41. The lowest BCUT2D eigenvalue weighted by Crippen LogP contribution is -2.55. The molecular weight excluding hydrogens is 256 g/mol. The summed E-state index contributed by atoms with van der Waals surface area (Å²) >= 11 is 0. The highest BCUT2D eigenvalue weighted by molar-refractivity contribution is 5.82. The van der Waals surface area contributed by atoms with E-state index < -0.39 is 0 Å². The lowest BCUT2D eigenvalue weighted by atomic mass is 10.0. The van der Waals surface area contributed by atoms with Crippen molar-refractivity contribution in [1.29, 1.82) is 0 Å². The zero-order chi connectivity index (χ0) is 14.5. The van der Waals surface area contributed by atoms with Gasteiger partial charge in [-0.05, 0) is 18.6 Å². The van der Waals surface area contributed by atoms with Gasteiger partial charge in [0.15, 0.2) is 0 Å². The molecule has 1 aliphatic rings. The monoisotopic (exact) mass is 280 g/mol. The number of hydrogen-bond donors (Lipinski definition) is 1. The zero-order valence-corrected chi connectivity index (χ0v) is 12.3. The van der Waals surface area contributed by atoms with Crippen molar-refractivity contribution in [2.24, 2.45) is 0 Å². The van der Waals surface area contributed by atoms with Gasteiger partial charge in [0.1, 0.15) is 18.1 Å². The number of carbonyl (C=O) groups is 1. The Kier molecular flexibility index (Phi) is 5.20. The lowest BCUT2D eigenvalue weighted by Gasteiger charge is -2.38. The molecule has 1 saturated heterocycles. The molecule has 0 aromatic carbocycles. The standard InChI is InChI=1S/C15H24N2O3/c1-3-4-5-14-15(19)16(2)8-9-17(14)10-12-6-7-13(11-18)20-12/h6-7,14,18H,3-5,8-11H2,1-2H3/t14-/m0/s1. The Morgan fingerprint density at radius 2 is 2.10 bits per heavy atom. The van der Waals surface area contributed by atoms with Gasteiger partial charge in [-0.3, -0.25) is 9.69 Å². The maximum atomic E-state index is 12.3. The molecule has 0 radical (unpaired) electrons. The first kappa shape index (κ1) is 15.1. The van der Waals surface area contributed by atoms with Gasteiger partial charge in [-0.15, -0.1) is 0 Å². The second-order valence-corrected chi connectivity index (χ2v) is 5.41. The number of aliphatic hydroxyl groups is 1. The van der Waals surface area contributed by atoms with Crippen molar-refractivity contribution in [2.45, 2.75) is 45.4 Å². The number of piperazine rings is 1. The van der Waals surface area contributed by atoms with Crippen molar-refractivity contribution in [1.82, 2.24) is 9.80 Å². The number of unbranched alkanes of at least 4 members (excludes halogenated alkanes) is 1. The van der Waals surface area contributed by atoms with Gasteiger partial charge >= 0.3 is 0 Å². The van der Waals surface area contributed by atoms with Crippen LogP contribution in [0.5, 0.6) is 0 Å². The van der Waals surface area contributed by atoms with Gasteiger partial charge in [0.25, 0.3) is 0 Å². The zero-order valence-electron chi connectivity index (χ0n) is 12.3. The number of rotatable bonds is 6. The Hall–Kier alpha value is -1.33. The molecule has 0 saturated carbocycles. The molecule has 0 spiro atoms. The second kappa shape index (κ2) is 6.90. The minimum atomic E-state index is -0.0824. The Balaban J connectivity index is 2.04. The highest BCUT2D eigenvalue weighted by Crippen LogP contribution is 2.20. The predicted molar refractivity (Wildman–Crippen MR) is 76.0 cm³/mol. The number of carbonyl (C=O) groups excluding carboxylic acids is 1. The summed E-state index contributed by atoms with van der Waals surface area (Å²) in [6.45, 7) is 4.32. The molecule has 0 aliphatic carbocycles. The SMILES string of the molecule is CCCC[C@H]1C(=O)N(C)CCN1Cc1ccc(CO)o1. The van der Waals surface area contributed by atoms with E-state index in [4.69, 9.17) is 9.52 Å². The Morgan fingerprint density at radius 1 is 1.35 bits per heavy atom. The van der Waals surface area contributed by atoms with E-state index in [0.717, 1.165) is 38.1 Å². The molecular formula is C15H24N2O3. The molecule has 0 unspecified atom stereocenters. The van der Waals surface area contributed by atoms with Crippen molar-refractivity contribution < 1.29 is 14.3 Å². The van der Waals surface area contributed by atoms with Crippen molar-refractivity contribution in [2.75, 3.05) is 20.1 Å². The molecule has 112 valence electrons. The summed E-state index contributed by atoms with van der Waals surface area (Å²) in [6, 6.07) is 3.62. The van der Waals surface area contributed by atoms with E-state index in [-0.39, 0.29) is 18.6 Å². The van der Waals surface area contributed by atoms with Crippen LogP contribution in [0, 0.1) is 0 Å². The van der Waals surface area contributed by atoms with Gasteiger partial charge in [-0.1, -0.05) is 19.8 Å². The number of amides is 1. The largest absolute Gasteiger partial charge is 0.462 e. The van der Waals surface area contributed by atoms with Gasteiger partial charge in [0.2, 0.25) is 5.91 Å². The average molecular weight is 280 g/mol. The van der Waals surface area contributed by atoms with Crippen LogP contribution in [0.25, 0.3) is 0 Å². The molecule has 1 N–H and O–H groups in total. The van der Waals surface area contributed by atoms with Gasteiger partial charge in [0.05, 0.1) is 12.6 Å². The molecule has 1 atom stereocenters. The first-order valence-electron chi connectivity index (χ1n) is 7.33. The number of aliphatic hydroxyl groups excluding tert-OH is 1. The first-order chi connectivity index (χ1) is 9.65. The van der Waals surface area contributed by atoms with Gasteiger partial charge < -0.3 is 14.4 Å². The third-order valence-electron chi connectivity index (χ3n) is 3.89. The van der Waals surface area contributed by atoms with E-state index in [1.165, 1.54) is 0 Å². The van der Waals surface area contributed by atoms with Crippen LogP contribution < -0.4 is 0 Å². The number of furan rings is 1. The number of hydrogen-bond acceptors (Lipinski definition) is 4. The van der Waals surface area contributed by atoms with E-state index in [1.54, 1.807) is 6.07 Å². The summed E-state index contributed by atoms with van der Waals surface area (Å²) < 4.78 is 5.53. The lowest BCUT2D eigenvalue weighted by molar-refractivity contribution is -0.141. The van der Waals surface area contributed by atoms with Crippen molar-refractivity contribution in [3.8, 4) is 0 Å². The predicted octanol–water partition coefficient (Wildman–Crippen LogP) is 1.60. The summed E-state index contributed by atoms with van der Waals surface area (Å²) in [5.41, 5.74) is 0. The van der Waals surface area contributed by atoms with E-state index >= 15 is 0 Å². The van der Waals surface area contributed by atoms with Crippen LogP contribution in [0.15, 0.2) is 16.5 Å². The highest BCUT2D eigenvalue weighted by atomic mass is 16.4. The quantitative estimate of drug-likeness (QED) is 0.860. The summed E-state index contributed by atoms with van der Waals surface area (Å²) in [6.07, 6.45) is 3.05. The Bertz CT molecular complexity index is 444. The average Bonchev–Trinajstić information content (AvgIpc) is 2.90. The molecule has 0 bridgehead atoms. The van der Waals surface area contributed by atoms with Gasteiger partial charge in [-0.25, -0.2) is 0 Å². The Labute approximate surface area is 120 Å². The van der Waals surface area contributed by atoms with Crippen LogP contribution in [0.2, 0.25) is 0 Å². The minimum absolute atomic E-state index is 0.0450. The van der Waals surface area contributed by atoms with Crippen LogP contribution in [0.4, 0.5) is 0 Å². The van der Waals surface area contributed by atoms with E-state index in [0.29, 0.717) is 12.3 Å². The van der Waals surface area contributed by atoms with Crippen LogP contribution in [0.3, 0.4) is 0 Å². The normalized spacial score (nSPS) is 20.6. The molecule has 20 heavy (non-hydrogen) atoms. The molecule has 1 amide bonds. The molecule has 5 heteroatoms. The van der Waals surface area contributed by atoms with Crippen LogP contribution in [-0.2, 0) is 17.9 Å². The summed E-state index contributed by atoms with van der Waals surface area (Å²) in [7, 11) is 1.87. The van der Waals surface area contributed by atoms with E-state index in [1.807, 2.05) is 18.0 Å². The van der Waals surface area contributed by atoms with Crippen LogP contribution in [0.1, 0.15) is 37.7 Å². The minimum Gasteiger partial charge on any atom is -0.462 e. The van der Waals surface area contributed by atoms with Gasteiger partial charge in [-0.2, -0.15) is 0 Å². The van der Waals surface area contributed by atoms with Crippen molar-refractivity contribution >= 4 is 5.91 Å².